The minimum Gasteiger partial charge on any atom is -0.409 e. The summed E-state index contributed by atoms with van der Waals surface area (Å²) in [6, 6.07) is 1.86. The van der Waals surface area contributed by atoms with Gasteiger partial charge in [-0.05, 0) is 19.0 Å². The van der Waals surface area contributed by atoms with Gasteiger partial charge in [-0.1, -0.05) is 5.16 Å². The number of nitrogens with two attached hydrogens (primary N) is 1. The maximum absolute atomic E-state index is 8.29. The molecule has 0 bridgehead atoms. The van der Waals surface area contributed by atoms with Crippen LogP contribution in [0.1, 0.15) is 18.5 Å². The van der Waals surface area contributed by atoms with Gasteiger partial charge in [-0.3, -0.25) is 0 Å². The van der Waals surface area contributed by atoms with E-state index in [1.165, 1.54) is 6.33 Å². The summed E-state index contributed by atoms with van der Waals surface area (Å²) in [5, 5.41) is 14.4. The van der Waals surface area contributed by atoms with Gasteiger partial charge in [0, 0.05) is 19.2 Å². The van der Waals surface area contributed by atoms with Gasteiger partial charge in [0.05, 0.1) is 5.69 Å². The number of oxime groups is 1. The molecule has 1 aromatic rings. The highest BCUT2D eigenvalue weighted by molar-refractivity contribution is 5.79. The molecule has 0 atom stereocenters. The smallest absolute Gasteiger partial charge is 0.139 e. The number of nitrogens with zero attached hydrogens (tertiary/aromatic N) is 3. The Bertz CT molecular complexity index is 301. The van der Waals surface area contributed by atoms with E-state index in [0.717, 1.165) is 18.7 Å². The third kappa shape index (κ3) is 4.92. The summed E-state index contributed by atoms with van der Waals surface area (Å²) in [5.41, 5.74) is 6.27. The van der Waals surface area contributed by atoms with Gasteiger partial charge in [0.2, 0.25) is 0 Å². The highest BCUT2D eigenvalue weighted by Gasteiger charge is 1.94. The standard InChI is InChI=1S/C9H15N5O/c10-9(14-15)2-1-4-11-6-8-3-5-12-7-13-8/h3,5,7,11,15H,1-2,4,6H2,(H2,10,14). The van der Waals surface area contributed by atoms with E-state index in [0.29, 0.717) is 13.0 Å². The van der Waals surface area contributed by atoms with Gasteiger partial charge in [0.25, 0.3) is 0 Å². The molecule has 1 aromatic heterocycles. The monoisotopic (exact) mass is 209 g/mol. The summed E-state index contributed by atoms with van der Waals surface area (Å²) in [4.78, 5) is 7.89. The van der Waals surface area contributed by atoms with Crippen molar-refractivity contribution >= 4 is 5.84 Å². The molecule has 6 nitrogen and oxygen atoms in total. The van der Waals surface area contributed by atoms with Crippen molar-refractivity contribution in [2.75, 3.05) is 6.54 Å². The fourth-order valence-electron chi connectivity index (χ4n) is 1.08. The van der Waals surface area contributed by atoms with Crippen LogP contribution in [-0.4, -0.2) is 27.6 Å². The Balaban J connectivity index is 2.08. The highest BCUT2D eigenvalue weighted by atomic mass is 16.4. The minimum absolute atomic E-state index is 0.263. The number of hydrogen-bond donors (Lipinski definition) is 3. The highest BCUT2D eigenvalue weighted by Crippen LogP contribution is 1.91. The topological polar surface area (TPSA) is 96.4 Å². The molecule has 0 unspecified atom stereocenters. The molecular weight excluding hydrogens is 194 g/mol. The molecule has 1 heterocycles. The van der Waals surface area contributed by atoms with Crippen molar-refractivity contribution < 1.29 is 5.21 Å². The van der Waals surface area contributed by atoms with Crippen molar-refractivity contribution in [3.63, 3.8) is 0 Å². The van der Waals surface area contributed by atoms with Gasteiger partial charge < -0.3 is 16.3 Å². The van der Waals surface area contributed by atoms with E-state index in [2.05, 4.69) is 20.4 Å². The molecule has 0 aliphatic carbocycles. The van der Waals surface area contributed by atoms with E-state index < -0.39 is 0 Å². The van der Waals surface area contributed by atoms with Gasteiger partial charge in [0.1, 0.15) is 12.2 Å². The van der Waals surface area contributed by atoms with E-state index in [1.807, 2.05) is 6.07 Å². The van der Waals surface area contributed by atoms with Crippen LogP contribution in [0, 0.1) is 0 Å². The number of amidine groups is 1. The summed E-state index contributed by atoms with van der Waals surface area (Å²) in [6.45, 7) is 1.51. The predicted octanol–water partition coefficient (Wildman–Crippen LogP) is 0.0928. The summed E-state index contributed by atoms with van der Waals surface area (Å²) in [6.07, 6.45) is 4.65. The molecule has 82 valence electrons. The normalized spacial score (nSPS) is 11.6. The van der Waals surface area contributed by atoms with Crippen LogP contribution in [0.5, 0.6) is 0 Å². The average molecular weight is 209 g/mol. The Hall–Kier alpha value is -1.69. The van der Waals surface area contributed by atoms with Crippen molar-refractivity contribution in [2.24, 2.45) is 10.9 Å². The first kappa shape index (κ1) is 11.4. The first-order valence-electron chi connectivity index (χ1n) is 4.75. The predicted molar refractivity (Wildman–Crippen MR) is 56.4 cm³/mol. The molecule has 0 saturated heterocycles. The summed E-state index contributed by atoms with van der Waals surface area (Å²) < 4.78 is 0. The lowest BCUT2D eigenvalue weighted by Gasteiger charge is -2.03. The van der Waals surface area contributed by atoms with E-state index in [9.17, 15) is 0 Å². The quantitative estimate of drug-likeness (QED) is 0.203. The first-order valence-corrected chi connectivity index (χ1v) is 4.75. The van der Waals surface area contributed by atoms with Crippen LogP contribution in [0.25, 0.3) is 0 Å². The van der Waals surface area contributed by atoms with Crippen molar-refractivity contribution in [1.29, 1.82) is 0 Å². The van der Waals surface area contributed by atoms with Crippen LogP contribution in [0.15, 0.2) is 23.7 Å². The minimum atomic E-state index is 0.263. The molecule has 0 radical (unpaired) electrons. The van der Waals surface area contributed by atoms with E-state index >= 15 is 0 Å². The molecule has 1 rings (SSSR count). The van der Waals surface area contributed by atoms with Gasteiger partial charge in [-0.2, -0.15) is 0 Å². The molecule has 15 heavy (non-hydrogen) atoms. The molecule has 6 heteroatoms. The van der Waals surface area contributed by atoms with Gasteiger partial charge >= 0.3 is 0 Å². The lowest BCUT2D eigenvalue weighted by Crippen LogP contribution is -2.18. The first-order chi connectivity index (χ1) is 7.33. The van der Waals surface area contributed by atoms with Crippen molar-refractivity contribution in [1.82, 2.24) is 15.3 Å². The molecule has 0 fully saturated rings. The van der Waals surface area contributed by atoms with Gasteiger partial charge in [0.15, 0.2) is 0 Å². The number of aromatic nitrogens is 2. The van der Waals surface area contributed by atoms with E-state index in [1.54, 1.807) is 6.20 Å². The van der Waals surface area contributed by atoms with Crippen molar-refractivity contribution in [2.45, 2.75) is 19.4 Å². The Morgan fingerprint density at radius 2 is 2.47 bits per heavy atom. The molecule has 0 saturated carbocycles. The van der Waals surface area contributed by atoms with Crippen molar-refractivity contribution in [3.05, 3.63) is 24.3 Å². The molecule has 0 aromatic carbocycles. The van der Waals surface area contributed by atoms with Crippen LogP contribution in [0.4, 0.5) is 0 Å². The zero-order valence-corrected chi connectivity index (χ0v) is 8.43. The molecule has 0 amide bonds. The molecule has 0 spiro atoms. The Kier molecular flexibility index (Phi) is 5.10. The lowest BCUT2D eigenvalue weighted by atomic mass is 10.3. The summed E-state index contributed by atoms with van der Waals surface area (Å²) in [5.74, 6) is 0.263. The second-order valence-electron chi connectivity index (χ2n) is 3.07. The van der Waals surface area contributed by atoms with E-state index in [-0.39, 0.29) is 5.84 Å². The lowest BCUT2D eigenvalue weighted by molar-refractivity contribution is 0.316. The van der Waals surface area contributed by atoms with Crippen LogP contribution in [-0.2, 0) is 6.54 Å². The third-order valence-electron chi connectivity index (χ3n) is 1.86. The fourth-order valence-corrected chi connectivity index (χ4v) is 1.08. The van der Waals surface area contributed by atoms with Crippen LogP contribution in [0.3, 0.4) is 0 Å². The number of rotatable bonds is 6. The molecule has 4 N–H and O–H groups in total. The number of nitrogens with one attached hydrogen (secondary N) is 1. The Morgan fingerprint density at radius 1 is 1.60 bits per heavy atom. The van der Waals surface area contributed by atoms with Crippen LogP contribution >= 0.6 is 0 Å². The maximum Gasteiger partial charge on any atom is 0.139 e. The van der Waals surface area contributed by atoms with Crippen LogP contribution in [0.2, 0.25) is 0 Å². The molecular formula is C9H15N5O. The van der Waals surface area contributed by atoms with E-state index in [4.69, 9.17) is 10.9 Å². The second-order valence-corrected chi connectivity index (χ2v) is 3.07. The summed E-state index contributed by atoms with van der Waals surface area (Å²) in [7, 11) is 0. The Labute approximate surface area is 88.2 Å². The molecule has 0 aliphatic rings. The summed E-state index contributed by atoms with van der Waals surface area (Å²) >= 11 is 0. The maximum atomic E-state index is 8.29. The molecule has 0 aliphatic heterocycles. The Morgan fingerprint density at radius 3 is 3.13 bits per heavy atom. The van der Waals surface area contributed by atoms with Gasteiger partial charge in [-0.25, -0.2) is 9.97 Å². The number of hydrogen-bond acceptors (Lipinski definition) is 5. The van der Waals surface area contributed by atoms with Crippen molar-refractivity contribution in [3.8, 4) is 0 Å². The van der Waals surface area contributed by atoms with Gasteiger partial charge in [-0.15, -0.1) is 0 Å². The third-order valence-corrected chi connectivity index (χ3v) is 1.86. The average Bonchev–Trinajstić information content (AvgIpc) is 2.29. The fraction of sp³-hybridized carbons (Fsp3) is 0.444. The zero-order valence-electron chi connectivity index (χ0n) is 8.43. The second kappa shape index (κ2) is 6.72. The largest absolute Gasteiger partial charge is 0.409 e. The van der Waals surface area contributed by atoms with Crippen LogP contribution < -0.4 is 11.1 Å². The zero-order chi connectivity index (χ0) is 10.9. The SMILES string of the molecule is N/C(CCCNCc1ccncn1)=N/O.